The number of carbonyl (C=O) groups excluding carboxylic acids is 1. The van der Waals surface area contributed by atoms with E-state index in [9.17, 15) is 4.79 Å². The van der Waals surface area contributed by atoms with E-state index in [0.29, 0.717) is 6.10 Å². The van der Waals surface area contributed by atoms with Gasteiger partial charge in [-0.2, -0.15) is 0 Å². The summed E-state index contributed by atoms with van der Waals surface area (Å²) in [5.41, 5.74) is 1.82. The Morgan fingerprint density at radius 3 is 2.24 bits per heavy atom. The fraction of sp³-hybridized carbons (Fsp3) is 0.542. The molecule has 0 atom stereocenters. The number of ether oxygens (including phenoxy) is 1. The zero-order valence-electron chi connectivity index (χ0n) is 17.1. The largest absolute Gasteiger partial charge is 0.490 e. The molecule has 29 heavy (non-hydrogen) atoms. The summed E-state index contributed by atoms with van der Waals surface area (Å²) in [7, 11) is 0. The summed E-state index contributed by atoms with van der Waals surface area (Å²) in [5, 5.41) is 0. The fourth-order valence-electron chi connectivity index (χ4n) is 4.79. The summed E-state index contributed by atoms with van der Waals surface area (Å²) in [6.45, 7) is 4.11. The normalized spacial score (nSPS) is 21.3. The van der Waals surface area contributed by atoms with Crippen molar-refractivity contribution in [1.29, 1.82) is 0 Å². The van der Waals surface area contributed by atoms with Gasteiger partial charge in [-0.15, -0.1) is 0 Å². The maximum atomic E-state index is 12.5. The van der Waals surface area contributed by atoms with Crippen LogP contribution < -0.4 is 4.74 Å². The molecule has 3 heterocycles. The zero-order valence-corrected chi connectivity index (χ0v) is 17.1. The Hall–Kier alpha value is -2.27. The molecule has 1 aromatic carbocycles. The van der Waals surface area contributed by atoms with Crippen LogP contribution in [0.2, 0.25) is 0 Å². The monoisotopic (exact) mass is 393 g/mol. The number of hydrogen-bond donors (Lipinski definition) is 0. The van der Waals surface area contributed by atoms with Crippen molar-refractivity contribution in [2.75, 3.05) is 26.2 Å². The van der Waals surface area contributed by atoms with Gasteiger partial charge in [-0.1, -0.05) is 6.42 Å². The van der Waals surface area contributed by atoms with Crippen LogP contribution in [0.5, 0.6) is 5.75 Å². The average Bonchev–Trinajstić information content (AvgIpc) is 3.41. The predicted molar refractivity (Wildman–Crippen MR) is 114 cm³/mol. The van der Waals surface area contributed by atoms with E-state index in [-0.39, 0.29) is 5.91 Å². The summed E-state index contributed by atoms with van der Waals surface area (Å²) in [5.74, 6) is 1.09. The van der Waals surface area contributed by atoms with E-state index in [1.54, 1.807) is 0 Å². The van der Waals surface area contributed by atoms with E-state index in [4.69, 9.17) is 4.74 Å². The number of likely N-dealkylation sites (tertiary alicyclic amines) is 2. The van der Waals surface area contributed by atoms with E-state index >= 15 is 0 Å². The van der Waals surface area contributed by atoms with Crippen molar-refractivity contribution in [3.8, 4) is 11.4 Å². The molecule has 2 saturated heterocycles. The average molecular weight is 394 g/mol. The van der Waals surface area contributed by atoms with Gasteiger partial charge in [-0.05, 0) is 68.9 Å². The Kier molecular flexibility index (Phi) is 5.32. The van der Waals surface area contributed by atoms with Crippen LogP contribution in [0.25, 0.3) is 5.69 Å². The molecule has 0 unspecified atom stereocenters. The molecule has 0 radical (unpaired) electrons. The first kappa shape index (κ1) is 18.7. The van der Waals surface area contributed by atoms with Gasteiger partial charge in [-0.3, -0.25) is 4.79 Å². The summed E-state index contributed by atoms with van der Waals surface area (Å²) in [6, 6.07) is 11.0. The van der Waals surface area contributed by atoms with Crippen LogP contribution in [0.15, 0.2) is 42.7 Å². The molecule has 1 aromatic heterocycles. The van der Waals surface area contributed by atoms with Gasteiger partial charge in [0.25, 0.3) is 5.91 Å². The van der Waals surface area contributed by atoms with Gasteiger partial charge < -0.3 is 19.1 Å². The smallest absolute Gasteiger partial charge is 0.255 e. The van der Waals surface area contributed by atoms with Crippen molar-refractivity contribution >= 4 is 5.91 Å². The Balaban J connectivity index is 1.17. The van der Waals surface area contributed by atoms with Crippen LogP contribution in [-0.2, 0) is 0 Å². The lowest BCUT2D eigenvalue weighted by Gasteiger charge is -2.41. The highest BCUT2D eigenvalue weighted by molar-refractivity contribution is 5.94. The van der Waals surface area contributed by atoms with Gasteiger partial charge in [0.15, 0.2) is 0 Å². The molecule has 1 saturated carbocycles. The number of piperidine rings is 1. The van der Waals surface area contributed by atoms with E-state index in [0.717, 1.165) is 61.8 Å². The van der Waals surface area contributed by atoms with Gasteiger partial charge in [0.2, 0.25) is 0 Å². The molecule has 3 fully saturated rings. The highest BCUT2D eigenvalue weighted by Gasteiger charge is 2.29. The minimum Gasteiger partial charge on any atom is -0.490 e. The van der Waals surface area contributed by atoms with Crippen LogP contribution >= 0.6 is 0 Å². The second-order valence-corrected chi connectivity index (χ2v) is 8.74. The molecule has 0 bridgehead atoms. The fourth-order valence-corrected chi connectivity index (χ4v) is 4.79. The lowest BCUT2D eigenvalue weighted by molar-refractivity contribution is 0.0493. The van der Waals surface area contributed by atoms with Crippen molar-refractivity contribution < 1.29 is 9.53 Å². The lowest BCUT2D eigenvalue weighted by Crippen LogP contribution is -2.46. The van der Waals surface area contributed by atoms with Crippen LogP contribution in [0.3, 0.4) is 0 Å². The zero-order chi connectivity index (χ0) is 19.6. The molecule has 3 aliphatic rings. The summed E-state index contributed by atoms with van der Waals surface area (Å²) in [6.07, 6.45) is 12.9. The SMILES string of the molecule is O=C(c1ccn(-c2ccc(OC3CCN(C4CCC4)CC3)cc2)c1)N1CCCC1. The van der Waals surface area contributed by atoms with Crippen LogP contribution in [0.1, 0.15) is 55.3 Å². The topological polar surface area (TPSA) is 37.7 Å². The highest BCUT2D eigenvalue weighted by Crippen LogP contribution is 2.29. The molecule has 0 N–H and O–H groups in total. The maximum absolute atomic E-state index is 12.5. The molecule has 0 spiro atoms. The number of carbonyl (C=O) groups is 1. The van der Waals surface area contributed by atoms with Crippen molar-refractivity contribution in [1.82, 2.24) is 14.4 Å². The lowest BCUT2D eigenvalue weighted by atomic mass is 9.90. The van der Waals surface area contributed by atoms with Crippen LogP contribution in [0, 0.1) is 0 Å². The van der Waals surface area contributed by atoms with Crippen LogP contribution in [0.4, 0.5) is 0 Å². The number of aromatic nitrogens is 1. The Morgan fingerprint density at radius 2 is 1.59 bits per heavy atom. The number of benzene rings is 1. The summed E-state index contributed by atoms with van der Waals surface area (Å²) in [4.78, 5) is 17.1. The molecule has 1 aliphatic carbocycles. The van der Waals surface area contributed by atoms with Crippen molar-refractivity contribution in [2.45, 2.75) is 57.1 Å². The van der Waals surface area contributed by atoms with Gasteiger partial charge in [0, 0.05) is 50.3 Å². The molecular weight excluding hydrogens is 362 g/mol. The number of amides is 1. The third-order valence-electron chi connectivity index (χ3n) is 6.84. The maximum Gasteiger partial charge on any atom is 0.255 e. The molecule has 5 nitrogen and oxygen atoms in total. The summed E-state index contributed by atoms with van der Waals surface area (Å²) >= 11 is 0. The Labute approximate surface area is 173 Å². The molecule has 5 heteroatoms. The predicted octanol–water partition coefficient (Wildman–Crippen LogP) is 4.11. The van der Waals surface area contributed by atoms with E-state index < -0.39 is 0 Å². The second-order valence-electron chi connectivity index (χ2n) is 8.74. The standard InChI is InChI=1S/C24H31N3O2/c28-24(26-13-1-2-14-26)19-10-15-27(18-19)21-6-8-22(9-7-21)29-23-11-16-25(17-12-23)20-4-3-5-20/h6-10,15,18,20,23H,1-5,11-14,16-17H2. The van der Waals surface area contributed by atoms with Gasteiger partial charge >= 0.3 is 0 Å². The van der Waals surface area contributed by atoms with Gasteiger partial charge in [0.1, 0.15) is 11.9 Å². The van der Waals surface area contributed by atoms with E-state index in [1.807, 2.05) is 27.9 Å². The van der Waals surface area contributed by atoms with Gasteiger partial charge in [0.05, 0.1) is 5.56 Å². The Bertz CT molecular complexity index is 826. The molecule has 2 aromatic rings. The van der Waals surface area contributed by atoms with Crippen LogP contribution in [-0.4, -0.2) is 58.6 Å². The van der Waals surface area contributed by atoms with E-state index in [1.165, 1.54) is 32.4 Å². The van der Waals surface area contributed by atoms with Crippen molar-refractivity contribution in [3.05, 3.63) is 48.3 Å². The first-order valence-electron chi connectivity index (χ1n) is 11.2. The molecule has 154 valence electrons. The minimum absolute atomic E-state index is 0.148. The molecule has 1 amide bonds. The number of nitrogens with zero attached hydrogens (tertiary/aromatic N) is 3. The highest BCUT2D eigenvalue weighted by atomic mass is 16.5. The van der Waals surface area contributed by atoms with Crippen molar-refractivity contribution in [3.63, 3.8) is 0 Å². The minimum atomic E-state index is 0.148. The third-order valence-corrected chi connectivity index (χ3v) is 6.84. The second kappa shape index (κ2) is 8.23. The van der Waals surface area contributed by atoms with E-state index in [2.05, 4.69) is 29.2 Å². The van der Waals surface area contributed by atoms with Crippen molar-refractivity contribution in [2.24, 2.45) is 0 Å². The number of rotatable bonds is 5. The third kappa shape index (κ3) is 4.06. The molecule has 5 rings (SSSR count). The quantitative estimate of drug-likeness (QED) is 0.767. The first-order chi connectivity index (χ1) is 14.3. The summed E-state index contributed by atoms with van der Waals surface area (Å²) < 4.78 is 8.26. The Morgan fingerprint density at radius 1 is 0.862 bits per heavy atom. The number of hydrogen-bond acceptors (Lipinski definition) is 3. The first-order valence-corrected chi connectivity index (χ1v) is 11.2. The van der Waals surface area contributed by atoms with Gasteiger partial charge in [-0.25, -0.2) is 0 Å². The molecular formula is C24H31N3O2. The molecule has 2 aliphatic heterocycles.